The summed E-state index contributed by atoms with van der Waals surface area (Å²) in [7, 11) is 1.99. The number of rotatable bonds is 6. The van der Waals surface area contributed by atoms with Crippen molar-refractivity contribution in [3.8, 4) is 0 Å². The number of hydrogen-bond acceptors (Lipinski definition) is 4. The highest BCUT2D eigenvalue weighted by molar-refractivity contribution is 6.31. The van der Waals surface area contributed by atoms with Crippen LogP contribution in [-0.2, 0) is 25.3 Å². The predicted molar refractivity (Wildman–Crippen MR) is 136 cm³/mol. The maximum atomic E-state index is 13.3. The van der Waals surface area contributed by atoms with E-state index in [0.717, 1.165) is 18.7 Å². The number of amides is 1. The number of likely N-dealkylation sites (N-methyl/N-ethyl adjacent to an activating group) is 1. The van der Waals surface area contributed by atoms with E-state index >= 15 is 0 Å². The van der Waals surface area contributed by atoms with E-state index in [4.69, 9.17) is 11.6 Å². The summed E-state index contributed by atoms with van der Waals surface area (Å²) < 4.78 is 79.5. The normalized spacial score (nSPS) is 14.9. The highest BCUT2D eigenvalue weighted by Crippen LogP contribution is 2.36. The maximum Gasteiger partial charge on any atom is 0.416 e. The second-order valence-corrected chi connectivity index (χ2v) is 9.76. The molecule has 0 atom stereocenters. The molecule has 0 saturated carbocycles. The smallest absolute Gasteiger partial charge is 0.354 e. The molecule has 4 rings (SSSR count). The number of carbonyl (C=O) groups is 1. The number of pyridine rings is 1. The van der Waals surface area contributed by atoms with Crippen molar-refractivity contribution in [2.24, 2.45) is 0 Å². The summed E-state index contributed by atoms with van der Waals surface area (Å²) in [5, 5.41) is 2.97. The van der Waals surface area contributed by atoms with E-state index in [0.29, 0.717) is 41.6 Å². The SMILES string of the molecule is CN1CCN(c2cc(C(=O)NCc3cc(C(F)(F)F)cc(C(F)(F)F)c3)c(Cc3ccccc3Cl)cn2)CC1. The van der Waals surface area contributed by atoms with Crippen molar-refractivity contribution in [3.05, 3.63) is 93.1 Å². The molecule has 1 saturated heterocycles. The van der Waals surface area contributed by atoms with Crippen molar-refractivity contribution in [1.29, 1.82) is 0 Å². The molecule has 5 nitrogen and oxygen atoms in total. The third kappa shape index (κ3) is 7.21. The van der Waals surface area contributed by atoms with Crippen LogP contribution < -0.4 is 10.2 Å². The van der Waals surface area contributed by atoms with Crippen molar-refractivity contribution in [1.82, 2.24) is 15.2 Å². The first kappa shape index (κ1) is 28.7. The minimum Gasteiger partial charge on any atom is -0.354 e. The van der Waals surface area contributed by atoms with Crippen LogP contribution in [0.25, 0.3) is 0 Å². The van der Waals surface area contributed by atoms with Crippen LogP contribution in [0.2, 0.25) is 5.02 Å². The van der Waals surface area contributed by atoms with Crippen LogP contribution in [0.3, 0.4) is 0 Å². The van der Waals surface area contributed by atoms with Gasteiger partial charge in [0.2, 0.25) is 0 Å². The lowest BCUT2D eigenvalue weighted by atomic mass is 10.0. The number of nitrogens with one attached hydrogen (secondary N) is 1. The van der Waals surface area contributed by atoms with Gasteiger partial charge < -0.3 is 15.1 Å². The number of alkyl halides is 6. The molecule has 1 aliphatic rings. The number of nitrogens with zero attached hydrogens (tertiary/aromatic N) is 3. The minimum atomic E-state index is -4.98. The Bertz CT molecular complexity index is 1300. The van der Waals surface area contributed by atoms with Crippen molar-refractivity contribution in [2.75, 3.05) is 38.1 Å². The molecule has 2 heterocycles. The molecule has 12 heteroatoms. The molecular weight excluding hydrogens is 546 g/mol. The van der Waals surface area contributed by atoms with Gasteiger partial charge in [-0.25, -0.2) is 4.98 Å². The van der Waals surface area contributed by atoms with Gasteiger partial charge in [-0.2, -0.15) is 26.3 Å². The highest BCUT2D eigenvalue weighted by atomic mass is 35.5. The standard InChI is InChI=1S/C27H25ClF6N4O/c1-37-6-8-38(9-7-37)24-14-22(19(16-35-24)12-18-4-2-3-5-23(18)28)25(39)36-15-17-10-20(26(29,30)31)13-21(11-17)27(32,33)34/h2-5,10-11,13-14,16H,6-9,12,15H2,1H3,(H,36,39). The number of hydrogen-bond donors (Lipinski definition) is 1. The molecule has 3 aromatic rings. The molecule has 1 amide bonds. The molecule has 1 aromatic heterocycles. The molecule has 1 fully saturated rings. The van der Waals surface area contributed by atoms with E-state index < -0.39 is 35.9 Å². The molecule has 2 aromatic carbocycles. The molecular formula is C27H25ClF6N4O. The van der Waals surface area contributed by atoms with E-state index in [-0.39, 0.29) is 23.6 Å². The zero-order valence-corrected chi connectivity index (χ0v) is 21.6. The Morgan fingerprint density at radius 1 is 0.923 bits per heavy atom. The first-order valence-corrected chi connectivity index (χ1v) is 12.4. The number of anilines is 1. The number of benzene rings is 2. The van der Waals surface area contributed by atoms with Crippen LogP contribution in [0.4, 0.5) is 32.2 Å². The van der Waals surface area contributed by atoms with Gasteiger partial charge in [-0.3, -0.25) is 4.79 Å². The van der Waals surface area contributed by atoms with Gasteiger partial charge >= 0.3 is 12.4 Å². The minimum absolute atomic E-state index is 0.0538. The van der Waals surface area contributed by atoms with Crippen LogP contribution in [0.5, 0.6) is 0 Å². The zero-order valence-electron chi connectivity index (χ0n) is 20.8. The fourth-order valence-corrected chi connectivity index (χ4v) is 4.48. The second-order valence-electron chi connectivity index (χ2n) is 9.35. The number of halogens is 7. The average molecular weight is 571 g/mol. The topological polar surface area (TPSA) is 48.5 Å². The first-order chi connectivity index (χ1) is 18.3. The Morgan fingerprint density at radius 2 is 1.54 bits per heavy atom. The quantitative estimate of drug-likeness (QED) is 0.367. The molecule has 208 valence electrons. The molecule has 0 radical (unpaired) electrons. The highest BCUT2D eigenvalue weighted by Gasteiger charge is 2.37. The summed E-state index contributed by atoms with van der Waals surface area (Å²) in [6.45, 7) is 2.41. The Hall–Kier alpha value is -3.31. The number of carbonyl (C=O) groups excluding carboxylic acids is 1. The summed E-state index contributed by atoms with van der Waals surface area (Å²) >= 11 is 6.30. The largest absolute Gasteiger partial charge is 0.416 e. The van der Waals surface area contributed by atoms with Crippen LogP contribution in [-0.4, -0.2) is 49.0 Å². The van der Waals surface area contributed by atoms with Gasteiger partial charge in [0.15, 0.2) is 0 Å². The number of piperazine rings is 1. The van der Waals surface area contributed by atoms with Crippen LogP contribution in [0.15, 0.2) is 54.7 Å². The fraction of sp³-hybridized carbons (Fsp3) is 0.333. The molecule has 39 heavy (non-hydrogen) atoms. The van der Waals surface area contributed by atoms with Gasteiger partial charge in [-0.05, 0) is 54.1 Å². The molecule has 0 spiro atoms. The third-order valence-corrected chi connectivity index (χ3v) is 6.85. The van der Waals surface area contributed by atoms with Crippen molar-refractivity contribution in [3.63, 3.8) is 0 Å². The molecule has 0 bridgehead atoms. The molecule has 1 N–H and O–H groups in total. The summed E-state index contributed by atoms with van der Waals surface area (Å²) in [6.07, 6.45) is -8.16. The Morgan fingerprint density at radius 3 is 2.13 bits per heavy atom. The van der Waals surface area contributed by atoms with Gasteiger partial charge in [0.25, 0.3) is 5.91 Å². The van der Waals surface area contributed by atoms with Crippen LogP contribution >= 0.6 is 11.6 Å². The van der Waals surface area contributed by atoms with E-state index in [9.17, 15) is 31.1 Å². The first-order valence-electron chi connectivity index (χ1n) is 12.0. The van der Waals surface area contributed by atoms with Crippen LogP contribution in [0, 0.1) is 0 Å². The summed E-state index contributed by atoms with van der Waals surface area (Å²) in [5.74, 6) is -0.101. The van der Waals surface area contributed by atoms with Gasteiger partial charge in [-0.1, -0.05) is 29.8 Å². The van der Waals surface area contributed by atoms with Crippen LogP contribution in [0.1, 0.15) is 38.2 Å². The summed E-state index contributed by atoms with van der Waals surface area (Å²) in [4.78, 5) is 22.0. The van der Waals surface area contributed by atoms with E-state index in [2.05, 4.69) is 15.2 Å². The van der Waals surface area contributed by atoms with Crippen molar-refractivity contribution < 1.29 is 31.1 Å². The predicted octanol–water partition coefficient (Wildman–Crippen LogP) is 6.05. The van der Waals surface area contributed by atoms with Gasteiger partial charge in [0, 0.05) is 55.9 Å². The third-order valence-electron chi connectivity index (χ3n) is 6.48. The Labute approximate surface area is 226 Å². The Balaban J connectivity index is 1.64. The monoisotopic (exact) mass is 570 g/mol. The van der Waals surface area contributed by atoms with Crippen molar-refractivity contribution in [2.45, 2.75) is 25.3 Å². The molecule has 0 aliphatic carbocycles. The molecule has 0 unspecified atom stereocenters. The lowest BCUT2D eigenvalue weighted by Gasteiger charge is -2.33. The van der Waals surface area contributed by atoms with E-state index in [1.807, 2.05) is 11.9 Å². The average Bonchev–Trinajstić information content (AvgIpc) is 2.88. The van der Waals surface area contributed by atoms with Crippen molar-refractivity contribution >= 4 is 23.3 Å². The zero-order chi connectivity index (χ0) is 28.4. The Kier molecular flexibility index (Phi) is 8.41. The molecule has 1 aliphatic heterocycles. The van der Waals surface area contributed by atoms with Gasteiger partial charge in [0.05, 0.1) is 11.1 Å². The number of aromatic nitrogens is 1. The maximum absolute atomic E-state index is 13.3. The van der Waals surface area contributed by atoms with E-state index in [1.54, 1.807) is 36.5 Å². The summed E-state index contributed by atoms with van der Waals surface area (Å²) in [5.41, 5.74) is -1.76. The second kappa shape index (κ2) is 11.4. The van der Waals surface area contributed by atoms with Gasteiger partial charge in [-0.15, -0.1) is 0 Å². The van der Waals surface area contributed by atoms with Gasteiger partial charge in [0.1, 0.15) is 5.82 Å². The fourth-order valence-electron chi connectivity index (χ4n) is 4.28. The lowest BCUT2D eigenvalue weighted by molar-refractivity contribution is -0.143. The summed E-state index contributed by atoms with van der Waals surface area (Å²) in [6, 6.07) is 9.90. The lowest BCUT2D eigenvalue weighted by Crippen LogP contribution is -2.45. The van der Waals surface area contributed by atoms with E-state index in [1.165, 1.54) is 0 Å².